The highest BCUT2D eigenvalue weighted by Crippen LogP contribution is 2.38. The number of alkyl halides is 1. The zero-order valence-electron chi connectivity index (χ0n) is 12.0. The Morgan fingerprint density at radius 3 is 2.95 bits per heavy atom. The fraction of sp³-hybridized carbons (Fsp3) is 0.533. The molecule has 1 aromatic rings. The second-order valence-corrected chi connectivity index (χ2v) is 5.64. The fourth-order valence-corrected chi connectivity index (χ4v) is 2.93. The summed E-state index contributed by atoms with van der Waals surface area (Å²) in [6, 6.07) is 5.60. The predicted octanol–water partition coefficient (Wildman–Crippen LogP) is 1.51. The van der Waals surface area contributed by atoms with Crippen LogP contribution >= 0.6 is 0 Å². The number of rotatable bonds is 2. The van der Waals surface area contributed by atoms with Crippen molar-refractivity contribution < 1.29 is 19.0 Å². The summed E-state index contributed by atoms with van der Waals surface area (Å²) in [5.41, 5.74) is 1.62. The van der Waals surface area contributed by atoms with Gasteiger partial charge in [-0.3, -0.25) is 4.90 Å². The number of carboxylic acid groups (broad SMARTS) is 1. The number of likely N-dealkylation sites (N-methyl/N-ethyl adjacent to an activating group) is 1. The van der Waals surface area contributed by atoms with Crippen LogP contribution in [0.3, 0.4) is 0 Å². The van der Waals surface area contributed by atoms with E-state index in [1.807, 2.05) is 24.1 Å². The largest absolute Gasteiger partial charge is 0.479 e. The number of piperazine rings is 1. The van der Waals surface area contributed by atoms with Crippen LogP contribution in [-0.4, -0.2) is 55.1 Å². The number of carboxylic acids is 1. The third-order valence-electron chi connectivity index (χ3n) is 4.12. The number of anilines is 1. The Morgan fingerprint density at radius 1 is 1.43 bits per heavy atom. The summed E-state index contributed by atoms with van der Waals surface area (Å²) in [5, 5.41) is 9.13. The van der Waals surface area contributed by atoms with Crippen molar-refractivity contribution >= 4 is 11.7 Å². The highest BCUT2D eigenvalue weighted by Gasteiger charge is 2.32. The smallest absolute Gasteiger partial charge is 0.344 e. The Hall–Kier alpha value is -1.82. The summed E-state index contributed by atoms with van der Waals surface area (Å²) >= 11 is 0. The van der Waals surface area contributed by atoms with Gasteiger partial charge in [-0.05, 0) is 31.5 Å². The van der Waals surface area contributed by atoms with Crippen LogP contribution in [0.25, 0.3) is 0 Å². The number of benzene rings is 1. The zero-order chi connectivity index (χ0) is 15.0. The number of nitrogens with zero attached hydrogens (tertiary/aromatic N) is 2. The van der Waals surface area contributed by atoms with E-state index in [1.54, 1.807) is 11.0 Å². The van der Waals surface area contributed by atoms with Gasteiger partial charge in [-0.25, -0.2) is 9.18 Å². The maximum absolute atomic E-state index is 14.3. The number of aryl methyl sites for hydroxylation is 1. The molecule has 0 amide bonds. The molecule has 114 valence electrons. The van der Waals surface area contributed by atoms with Gasteiger partial charge in [0, 0.05) is 19.6 Å². The normalized spacial score (nSPS) is 26.1. The second-order valence-electron chi connectivity index (χ2n) is 5.64. The molecule has 0 spiro atoms. The van der Waals surface area contributed by atoms with Gasteiger partial charge in [0.2, 0.25) is 0 Å². The molecule has 0 saturated carbocycles. The Kier molecular flexibility index (Phi) is 3.71. The van der Waals surface area contributed by atoms with E-state index in [1.165, 1.54) is 0 Å². The summed E-state index contributed by atoms with van der Waals surface area (Å²) in [6.45, 7) is 1.67. The van der Waals surface area contributed by atoms with Gasteiger partial charge in [-0.2, -0.15) is 0 Å². The number of hydrogen-bond acceptors (Lipinski definition) is 4. The highest BCUT2D eigenvalue weighted by atomic mass is 19.1. The first-order valence-electron chi connectivity index (χ1n) is 7.17. The molecule has 1 aromatic carbocycles. The summed E-state index contributed by atoms with van der Waals surface area (Å²) in [5.74, 6) is -0.436. The molecule has 2 atom stereocenters. The van der Waals surface area contributed by atoms with E-state index in [2.05, 4.69) is 0 Å². The van der Waals surface area contributed by atoms with Crippen LogP contribution in [0, 0.1) is 0 Å². The lowest BCUT2D eigenvalue weighted by Crippen LogP contribution is -2.50. The first-order valence-corrected chi connectivity index (χ1v) is 7.17. The SMILES string of the molecule is CN1CCN(c2cccc3c2OC(C(=O)O)CC3)C(F)C1. The monoisotopic (exact) mass is 294 g/mol. The zero-order valence-corrected chi connectivity index (χ0v) is 12.0. The van der Waals surface area contributed by atoms with Crippen molar-refractivity contribution in [3.05, 3.63) is 23.8 Å². The van der Waals surface area contributed by atoms with Gasteiger partial charge < -0.3 is 14.7 Å². The minimum absolute atomic E-state index is 0.339. The topological polar surface area (TPSA) is 53.0 Å². The van der Waals surface area contributed by atoms with Gasteiger partial charge in [0.05, 0.1) is 5.69 Å². The Morgan fingerprint density at radius 2 is 2.24 bits per heavy atom. The Balaban J connectivity index is 1.92. The van der Waals surface area contributed by atoms with Crippen molar-refractivity contribution in [3.8, 4) is 5.75 Å². The lowest BCUT2D eigenvalue weighted by atomic mass is 10.0. The number of fused-ring (bicyclic) bond motifs is 1. The molecular formula is C15H19FN2O3. The molecule has 1 saturated heterocycles. The van der Waals surface area contributed by atoms with E-state index in [9.17, 15) is 9.18 Å². The molecule has 1 fully saturated rings. The highest BCUT2D eigenvalue weighted by molar-refractivity contribution is 5.74. The summed E-state index contributed by atoms with van der Waals surface area (Å²) in [4.78, 5) is 14.8. The number of hydrogen-bond donors (Lipinski definition) is 1. The van der Waals surface area contributed by atoms with E-state index in [-0.39, 0.29) is 0 Å². The third kappa shape index (κ3) is 2.68. The van der Waals surface area contributed by atoms with Crippen LogP contribution in [0.5, 0.6) is 5.75 Å². The maximum Gasteiger partial charge on any atom is 0.344 e. The molecule has 2 aliphatic heterocycles. The standard InChI is InChI=1S/C15H19FN2O3/c1-17-7-8-18(13(16)9-17)11-4-2-3-10-5-6-12(15(19)20)21-14(10)11/h2-4,12-13H,5-9H2,1H3,(H,19,20). The van der Waals surface area contributed by atoms with Gasteiger partial charge in [-0.1, -0.05) is 12.1 Å². The van der Waals surface area contributed by atoms with Crippen molar-refractivity contribution in [1.82, 2.24) is 4.90 Å². The molecule has 6 heteroatoms. The second kappa shape index (κ2) is 5.52. The fourth-order valence-electron chi connectivity index (χ4n) is 2.93. The lowest BCUT2D eigenvalue weighted by Gasteiger charge is -2.39. The molecule has 0 bridgehead atoms. The van der Waals surface area contributed by atoms with E-state index < -0.39 is 18.4 Å². The predicted molar refractivity (Wildman–Crippen MR) is 76.6 cm³/mol. The first-order chi connectivity index (χ1) is 10.1. The Labute approximate surface area is 122 Å². The maximum atomic E-state index is 14.3. The van der Waals surface area contributed by atoms with Crippen molar-refractivity contribution in [3.63, 3.8) is 0 Å². The molecule has 21 heavy (non-hydrogen) atoms. The van der Waals surface area contributed by atoms with Gasteiger partial charge in [0.1, 0.15) is 5.75 Å². The van der Waals surface area contributed by atoms with Crippen molar-refractivity contribution in [2.24, 2.45) is 0 Å². The quantitative estimate of drug-likeness (QED) is 0.838. The van der Waals surface area contributed by atoms with Gasteiger partial charge in [0.25, 0.3) is 0 Å². The van der Waals surface area contributed by atoms with Crippen LogP contribution in [-0.2, 0) is 11.2 Å². The molecule has 0 aromatic heterocycles. The third-order valence-corrected chi connectivity index (χ3v) is 4.12. The van der Waals surface area contributed by atoms with E-state index in [0.29, 0.717) is 37.4 Å². The van der Waals surface area contributed by atoms with Gasteiger partial charge in [0.15, 0.2) is 12.4 Å². The molecule has 3 rings (SSSR count). The molecule has 5 nitrogen and oxygen atoms in total. The number of carbonyl (C=O) groups is 1. The number of aliphatic carboxylic acids is 1. The minimum atomic E-state index is -1.11. The van der Waals surface area contributed by atoms with Gasteiger partial charge in [-0.15, -0.1) is 0 Å². The van der Waals surface area contributed by atoms with E-state index >= 15 is 0 Å². The van der Waals surface area contributed by atoms with Crippen LogP contribution in [0.4, 0.5) is 10.1 Å². The van der Waals surface area contributed by atoms with Crippen LogP contribution in [0.1, 0.15) is 12.0 Å². The summed E-state index contributed by atoms with van der Waals surface area (Å²) in [6.07, 6.45) is -0.855. The molecule has 2 unspecified atom stereocenters. The van der Waals surface area contributed by atoms with E-state index in [4.69, 9.17) is 9.84 Å². The molecule has 1 N–H and O–H groups in total. The summed E-state index contributed by atoms with van der Waals surface area (Å²) < 4.78 is 20.0. The van der Waals surface area contributed by atoms with Crippen LogP contribution in [0.2, 0.25) is 0 Å². The molecule has 2 aliphatic rings. The van der Waals surface area contributed by atoms with E-state index in [0.717, 1.165) is 12.1 Å². The lowest BCUT2D eigenvalue weighted by molar-refractivity contribution is -0.145. The van der Waals surface area contributed by atoms with Crippen LogP contribution < -0.4 is 9.64 Å². The minimum Gasteiger partial charge on any atom is -0.479 e. The summed E-state index contributed by atoms with van der Waals surface area (Å²) in [7, 11) is 1.89. The first kappa shape index (κ1) is 14.1. The molecule has 2 heterocycles. The molecular weight excluding hydrogens is 275 g/mol. The van der Waals surface area contributed by atoms with Crippen molar-refractivity contribution in [2.75, 3.05) is 31.6 Å². The van der Waals surface area contributed by atoms with Gasteiger partial charge >= 0.3 is 5.97 Å². The number of para-hydroxylation sites is 1. The molecule has 0 radical (unpaired) electrons. The number of halogens is 1. The Bertz CT molecular complexity index is 552. The van der Waals surface area contributed by atoms with Crippen LogP contribution in [0.15, 0.2) is 18.2 Å². The van der Waals surface area contributed by atoms with Crippen molar-refractivity contribution in [2.45, 2.75) is 25.2 Å². The number of ether oxygens (including phenoxy) is 1. The average molecular weight is 294 g/mol. The van der Waals surface area contributed by atoms with Crippen molar-refractivity contribution in [1.29, 1.82) is 0 Å². The molecule has 0 aliphatic carbocycles. The average Bonchev–Trinajstić information content (AvgIpc) is 2.46.